The molecule has 1 unspecified atom stereocenters. The van der Waals surface area contributed by atoms with Crippen LogP contribution in [0.5, 0.6) is 11.5 Å². The van der Waals surface area contributed by atoms with E-state index >= 15 is 0 Å². The molecule has 0 spiro atoms. The fourth-order valence-electron chi connectivity index (χ4n) is 2.42. The number of phenols is 1. The second-order valence-electron chi connectivity index (χ2n) is 5.11. The summed E-state index contributed by atoms with van der Waals surface area (Å²) in [6, 6.07) is 0. The van der Waals surface area contributed by atoms with Crippen LogP contribution in [0.2, 0.25) is 0 Å². The predicted molar refractivity (Wildman–Crippen MR) is 68.7 cm³/mol. The Bertz CT molecular complexity index is 468. The van der Waals surface area contributed by atoms with Crippen LogP contribution in [0.4, 0.5) is 0 Å². The van der Waals surface area contributed by atoms with Gasteiger partial charge in [-0.25, -0.2) is 0 Å². The van der Waals surface area contributed by atoms with E-state index in [-0.39, 0.29) is 5.72 Å². The highest BCUT2D eigenvalue weighted by molar-refractivity contribution is 5.58. The van der Waals surface area contributed by atoms with E-state index in [1.54, 1.807) is 0 Å². The average molecular weight is 235 g/mol. The Balaban J connectivity index is 2.59. The lowest BCUT2D eigenvalue weighted by molar-refractivity contribution is 0.0370. The summed E-state index contributed by atoms with van der Waals surface area (Å²) in [5, 5.41) is 13.3. The number of benzene rings is 1. The van der Waals surface area contributed by atoms with Crippen LogP contribution in [0.1, 0.15) is 35.6 Å². The maximum Gasteiger partial charge on any atom is 0.158 e. The molecule has 3 heteroatoms. The zero-order valence-electron chi connectivity index (χ0n) is 11.3. The standard InChI is InChI=1S/C14H21NO2/c1-8-9(2)13-11(10(3)12(8)16)6-7-14(4,15-5)17-13/h15-16H,6-7H2,1-5H3. The summed E-state index contributed by atoms with van der Waals surface area (Å²) < 4.78 is 6.09. The molecule has 2 N–H and O–H groups in total. The van der Waals surface area contributed by atoms with Crippen molar-refractivity contribution in [2.24, 2.45) is 0 Å². The maximum atomic E-state index is 10.1. The molecule has 0 radical (unpaired) electrons. The van der Waals surface area contributed by atoms with Gasteiger partial charge < -0.3 is 9.84 Å². The molecule has 0 aliphatic carbocycles. The second kappa shape index (κ2) is 3.91. The van der Waals surface area contributed by atoms with Crippen molar-refractivity contribution >= 4 is 0 Å². The molecular weight excluding hydrogens is 214 g/mol. The van der Waals surface area contributed by atoms with E-state index in [9.17, 15) is 5.11 Å². The van der Waals surface area contributed by atoms with E-state index in [1.165, 1.54) is 0 Å². The SMILES string of the molecule is CNC1(C)CCc2c(C)c(O)c(C)c(C)c2O1. The molecule has 1 aliphatic heterocycles. The summed E-state index contributed by atoms with van der Waals surface area (Å²) in [4.78, 5) is 0. The molecule has 1 aromatic rings. The Morgan fingerprint density at radius 3 is 2.41 bits per heavy atom. The first-order valence-corrected chi connectivity index (χ1v) is 6.09. The number of hydrogen-bond donors (Lipinski definition) is 2. The molecule has 1 atom stereocenters. The fraction of sp³-hybridized carbons (Fsp3) is 0.571. The maximum absolute atomic E-state index is 10.1. The Kier molecular flexibility index (Phi) is 2.82. The summed E-state index contributed by atoms with van der Waals surface area (Å²) in [6.07, 6.45) is 1.85. The Hall–Kier alpha value is -1.22. The Morgan fingerprint density at radius 1 is 1.18 bits per heavy atom. The molecule has 1 aliphatic rings. The van der Waals surface area contributed by atoms with Crippen molar-refractivity contribution in [1.82, 2.24) is 5.32 Å². The fourth-order valence-corrected chi connectivity index (χ4v) is 2.42. The van der Waals surface area contributed by atoms with Crippen LogP contribution in [0.15, 0.2) is 0 Å². The minimum absolute atomic E-state index is 0.298. The zero-order chi connectivity index (χ0) is 12.8. The van der Waals surface area contributed by atoms with Crippen LogP contribution in [0, 0.1) is 20.8 Å². The van der Waals surface area contributed by atoms with Gasteiger partial charge in [-0.05, 0) is 57.9 Å². The molecule has 1 aromatic carbocycles. The van der Waals surface area contributed by atoms with Crippen molar-refractivity contribution in [3.8, 4) is 11.5 Å². The number of nitrogens with one attached hydrogen (secondary N) is 1. The van der Waals surface area contributed by atoms with Gasteiger partial charge in [0.2, 0.25) is 0 Å². The van der Waals surface area contributed by atoms with E-state index < -0.39 is 0 Å². The lowest BCUT2D eigenvalue weighted by Crippen LogP contribution is -2.48. The molecule has 0 aromatic heterocycles. The molecule has 17 heavy (non-hydrogen) atoms. The molecule has 0 fully saturated rings. The van der Waals surface area contributed by atoms with E-state index in [0.717, 1.165) is 40.8 Å². The molecule has 3 nitrogen and oxygen atoms in total. The minimum Gasteiger partial charge on any atom is -0.507 e. The molecule has 2 rings (SSSR count). The number of phenolic OH excluding ortho intramolecular Hbond substituents is 1. The first-order chi connectivity index (χ1) is 7.89. The van der Waals surface area contributed by atoms with Crippen molar-refractivity contribution in [2.45, 2.75) is 46.3 Å². The van der Waals surface area contributed by atoms with Gasteiger partial charge >= 0.3 is 0 Å². The van der Waals surface area contributed by atoms with E-state index in [1.807, 2.05) is 27.8 Å². The van der Waals surface area contributed by atoms with Gasteiger partial charge in [-0.2, -0.15) is 0 Å². The smallest absolute Gasteiger partial charge is 0.158 e. The highest BCUT2D eigenvalue weighted by Gasteiger charge is 2.32. The average Bonchev–Trinajstić information content (AvgIpc) is 2.33. The van der Waals surface area contributed by atoms with Crippen LogP contribution in [0.3, 0.4) is 0 Å². The summed E-state index contributed by atoms with van der Waals surface area (Å²) in [6.45, 7) is 7.97. The lowest BCUT2D eigenvalue weighted by atomic mass is 9.90. The van der Waals surface area contributed by atoms with Gasteiger partial charge in [0.05, 0.1) is 0 Å². The zero-order valence-corrected chi connectivity index (χ0v) is 11.3. The van der Waals surface area contributed by atoms with Crippen molar-refractivity contribution < 1.29 is 9.84 Å². The number of fused-ring (bicyclic) bond motifs is 1. The van der Waals surface area contributed by atoms with E-state index in [4.69, 9.17) is 4.74 Å². The van der Waals surface area contributed by atoms with Gasteiger partial charge in [-0.15, -0.1) is 0 Å². The van der Waals surface area contributed by atoms with Crippen LogP contribution in [-0.4, -0.2) is 17.9 Å². The second-order valence-corrected chi connectivity index (χ2v) is 5.11. The summed E-state index contributed by atoms with van der Waals surface area (Å²) in [7, 11) is 1.92. The molecule has 94 valence electrons. The number of ether oxygens (including phenoxy) is 1. The van der Waals surface area contributed by atoms with Crippen molar-refractivity contribution in [1.29, 1.82) is 0 Å². The van der Waals surface area contributed by atoms with Crippen molar-refractivity contribution in [3.63, 3.8) is 0 Å². The third-order valence-electron chi connectivity index (χ3n) is 4.05. The van der Waals surface area contributed by atoms with Crippen LogP contribution < -0.4 is 10.1 Å². The van der Waals surface area contributed by atoms with Gasteiger partial charge in [-0.1, -0.05) is 0 Å². The van der Waals surface area contributed by atoms with Gasteiger partial charge in [0.25, 0.3) is 0 Å². The van der Waals surface area contributed by atoms with Crippen LogP contribution in [0.25, 0.3) is 0 Å². The molecular formula is C14H21NO2. The number of rotatable bonds is 1. The van der Waals surface area contributed by atoms with Crippen LogP contribution >= 0.6 is 0 Å². The van der Waals surface area contributed by atoms with E-state index in [2.05, 4.69) is 12.2 Å². The molecule has 0 amide bonds. The lowest BCUT2D eigenvalue weighted by Gasteiger charge is -2.37. The minimum atomic E-state index is -0.298. The van der Waals surface area contributed by atoms with Crippen molar-refractivity contribution in [3.05, 3.63) is 22.3 Å². The highest BCUT2D eigenvalue weighted by atomic mass is 16.5. The van der Waals surface area contributed by atoms with Crippen molar-refractivity contribution in [2.75, 3.05) is 7.05 Å². The van der Waals surface area contributed by atoms with Gasteiger partial charge in [0.15, 0.2) is 5.72 Å². The van der Waals surface area contributed by atoms with E-state index in [0.29, 0.717) is 5.75 Å². The third-order valence-corrected chi connectivity index (χ3v) is 4.05. The monoisotopic (exact) mass is 235 g/mol. The molecule has 1 heterocycles. The first-order valence-electron chi connectivity index (χ1n) is 6.09. The number of hydrogen-bond acceptors (Lipinski definition) is 3. The molecule has 0 bridgehead atoms. The quantitative estimate of drug-likeness (QED) is 0.786. The highest BCUT2D eigenvalue weighted by Crippen LogP contribution is 2.42. The number of aromatic hydroxyl groups is 1. The van der Waals surface area contributed by atoms with Gasteiger partial charge in [0, 0.05) is 12.0 Å². The largest absolute Gasteiger partial charge is 0.507 e. The Labute approximate surface area is 103 Å². The summed E-state index contributed by atoms with van der Waals surface area (Å²) in [5.41, 5.74) is 3.78. The van der Waals surface area contributed by atoms with Crippen LogP contribution in [-0.2, 0) is 6.42 Å². The Morgan fingerprint density at radius 2 is 1.82 bits per heavy atom. The summed E-state index contributed by atoms with van der Waals surface area (Å²) in [5.74, 6) is 1.36. The first kappa shape index (κ1) is 12.2. The van der Waals surface area contributed by atoms with Gasteiger partial charge in [0.1, 0.15) is 11.5 Å². The normalized spacial score (nSPS) is 23.1. The van der Waals surface area contributed by atoms with Gasteiger partial charge in [-0.3, -0.25) is 5.32 Å². The molecule has 0 saturated carbocycles. The topological polar surface area (TPSA) is 41.5 Å². The summed E-state index contributed by atoms with van der Waals surface area (Å²) >= 11 is 0. The molecule has 0 saturated heterocycles. The predicted octanol–water partition coefficient (Wildman–Crippen LogP) is 2.58. The third kappa shape index (κ3) is 1.78.